The first-order valence-corrected chi connectivity index (χ1v) is 5.04. The Morgan fingerprint density at radius 1 is 1.53 bits per heavy atom. The fraction of sp³-hybridized carbons (Fsp3) is 0.556. The van der Waals surface area contributed by atoms with E-state index in [1.807, 2.05) is 6.92 Å². The third-order valence-electron chi connectivity index (χ3n) is 2.32. The second-order valence-corrected chi connectivity index (χ2v) is 4.01. The minimum absolute atomic E-state index is 0. The van der Waals surface area contributed by atoms with Gasteiger partial charge in [0.1, 0.15) is 5.15 Å². The zero-order valence-corrected chi connectivity index (χ0v) is 10.1. The van der Waals surface area contributed by atoms with Crippen LogP contribution in [-0.2, 0) is 0 Å². The average Bonchev–Trinajstić information content (AvgIpc) is 2.50. The molecule has 0 aliphatic carbocycles. The largest absolute Gasteiger partial charge is 0.339 e. The number of aromatic nitrogens is 2. The van der Waals surface area contributed by atoms with Crippen molar-refractivity contribution in [3.63, 3.8) is 0 Å². The predicted octanol–water partition coefficient (Wildman–Crippen LogP) is 1.40. The van der Waals surface area contributed by atoms with Crippen LogP contribution in [0.15, 0.2) is 6.07 Å². The van der Waals surface area contributed by atoms with Crippen molar-refractivity contribution >= 4 is 30.0 Å². The first-order chi connectivity index (χ1) is 6.65. The van der Waals surface area contributed by atoms with Gasteiger partial charge in [-0.05, 0) is 19.4 Å². The summed E-state index contributed by atoms with van der Waals surface area (Å²) in [5.74, 6) is 0.697. The molecule has 0 spiro atoms. The maximum atomic E-state index is 5.86. The lowest BCUT2D eigenvalue weighted by Gasteiger charge is -2.15. The van der Waals surface area contributed by atoms with Crippen LogP contribution in [0.4, 0.5) is 5.95 Å². The lowest BCUT2D eigenvalue weighted by atomic mass is 10.3. The van der Waals surface area contributed by atoms with E-state index in [-0.39, 0.29) is 18.4 Å². The van der Waals surface area contributed by atoms with Gasteiger partial charge in [0.15, 0.2) is 0 Å². The van der Waals surface area contributed by atoms with Crippen molar-refractivity contribution in [2.45, 2.75) is 19.4 Å². The van der Waals surface area contributed by atoms with E-state index in [0.29, 0.717) is 11.1 Å². The van der Waals surface area contributed by atoms with Gasteiger partial charge in [-0.25, -0.2) is 9.97 Å². The molecule has 1 aromatic rings. The number of hydrogen-bond donors (Lipinski definition) is 1. The molecule has 1 unspecified atom stereocenters. The van der Waals surface area contributed by atoms with Crippen LogP contribution in [0.2, 0.25) is 5.15 Å². The summed E-state index contributed by atoms with van der Waals surface area (Å²) in [4.78, 5) is 10.6. The number of nitrogens with zero attached hydrogens (tertiary/aromatic N) is 3. The summed E-state index contributed by atoms with van der Waals surface area (Å²) in [7, 11) is 0. The lowest BCUT2D eigenvalue weighted by molar-refractivity contribution is 0.750. The molecule has 1 aliphatic heterocycles. The molecule has 0 bridgehead atoms. The van der Waals surface area contributed by atoms with E-state index in [9.17, 15) is 0 Å². The van der Waals surface area contributed by atoms with Crippen LogP contribution in [-0.4, -0.2) is 29.1 Å². The minimum Gasteiger partial charge on any atom is -0.339 e. The Labute approximate surface area is 100 Å². The van der Waals surface area contributed by atoms with Gasteiger partial charge in [-0.3, -0.25) is 0 Å². The first kappa shape index (κ1) is 12.5. The van der Waals surface area contributed by atoms with E-state index in [1.54, 1.807) is 6.07 Å². The summed E-state index contributed by atoms with van der Waals surface area (Å²) in [5, 5.41) is 0.493. The van der Waals surface area contributed by atoms with Gasteiger partial charge >= 0.3 is 0 Å². The second kappa shape index (κ2) is 4.96. The van der Waals surface area contributed by atoms with Crippen LogP contribution in [0.1, 0.15) is 12.1 Å². The summed E-state index contributed by atoms with van der Waals surface area (Å²) >= 11 is 5.86. The SMILES string of the molecule is Cc1cc(Cl)nc(N2CCC(N)C2)n1.Cl. The van der Waals surface area contributed by atoms with Gasteiger partial charge in [0.2, 0.25) is 5.95 Å². The monoisotopic (exact) mass is 248 g/mol. The fourth-order valence-electron chi connectivity index (χ4n) is 1.63. The van der Waals surface area contributed by atoms with Crippen LogP contribution >= 0.6 is 24.0 Å². The molecule has 6 heteroatoms. The van der Waals surface area contributed by atoms with Crippen molar-refractivity contribution in [2.75, 3.05) is 18.0 Å². The second-order valence-electron chi connectivity index (χ2n) is 3.63. The van der Waals surface area contributed by atoms with Crippen molar-refractivity contribution in [3.8, 4) is 0 Å². The van der Waals surface area contributed by atoms with E-state index < -0.39 is 0 Å². The molecule has 1 fully saturated rings. The Morgan fingerprint density at radius 2 is 2.27 bits per heavy atom. The Kier molecular flexibility index (Phi) is 4.13. The molecule has 1 saturated heterocycles. The molecule has 1 aromatic heterocycles. The first-order valence-electron chi connectivity index (χ1n) is 4.67. The lowest BCUT2D eigenvalue weighted by Crippen LogP contribution is -2.27. The van der Waals surface area contributed by atoms with Gasteiger partial charge in [-0.15, -0.1) is 12.4 Å². The quantitative estimate of drug-likeness (QED) is 0.764. The zero-order chi connectivity index (χ0) is 10.1. The minimum atomic E-state index is 0. The molecule has 0 radical (unpaired) electrons. The molecule has 15 heavy (non-hydrogen) atoms. The van der Waals surface area contributed by atoms with Crippen LogP contribution in [0, 0.1) is 6.92 Å². The third kappa shape index (κ3) is 2.93. The molecular weight excluding hydrogens is 235 g/mol. The fourth-order valence-corrected chi connectivity index (χ4v) is 1.86. The number of rotatable bonds is 1. The van der Waals surface area contributed by atoms with E-state index in [4.69, 9.17) is 17.3 Å². The van der Waals surface area contributed by atoms with Crippen LogP contribution in [0.25, 0.3) is 0 Å². The zero-order valence-electron chi connectivity index (χ0n) is 8.48. The highest BCUT2D eigenvalue weighted by molar-refractivity contribution is 6.29. The molecule has 2 heterocycles. The number of anilines is 1. The predicted molar refractivity (Wildman–Crippen MR) is 63.8 cm³/mol. The molecule has 84 valence electrons. The Balaban J connectivity index is 0.00000112. The van der Waals surface area contributed by atoms with Gasteiger partial charge in [0.05, 0.1) is 0 Å². The molecule has 1 aliphatic rings. The Bertz CT molecular complexity index is 325. The Morgan fingerprint density at radius 3 is 2.80 bits per heavy atom. The molecule has 0 saturated carbocycles. The van der Waals surface area contributed by atoms with Gasteiger partial charge in [-0.2, -0.15) is 0 Å². The topological polar surface area (TPSA) is 55.0 Å². The van der Waals surface area contributed by atoms with Crippen molar-refractivity contribution in [1.82, 2.24) is 9.97 Å². The van der Waals surface area contributed by atoms with Gasteiger partial charge in [0, 0.05) is 24.8 Å². The van der Waals surface area contributed by atoms with Crippen molar-refractivity contribution in [1.29, 1.82) is 0 Å². The van der Waals surface area contributed by atoms with Crippen molar-refractivity contribution < 1.29 is 0 Å². The summed E-state index contributed by atoms with van der Waals surface area (Å²) in [6, 6.07) is 1.99. The molecule has 0 aromatic carbocycles. The van der Waals surface area contributed by atoms with Gasteiger partial charge in [-0.1, -0.05) is 11.6 Å². The standard InChI is InChI=1S/C9H13ClN4.ClH/c1-6-4-8(10)13-9(12-6)14-3-2-7(11)5-14;/h4,7H,2-3,5,11H2,1H3;1H. The maximum Gasteiger partial charge on any atom is 0.227 e. The van der Waals surface area contributed by atoms with Crippen molar-refractivity contribution in [3.05, 3.63) is 16.9 Å². The normalized spacial score (nSPS) is 20.2. The number of nitrogens with two attached hydrogens (primary N) is 1. The summed E-state index contributed by atoms with van der Waals surface area (Å²) in [6.45, 7) is 3.65. The van der Waals surface area contributed by atoms with Crippen LogP contribution in [0.3, 0.4) is 0 Å². The molecule has 0 amide bonds. The van der Waals surface area contributed by atoms with Crippen molar-refractivity contribution in [2.24, 2.45) is 5.73 Å². The Hall–Kier alpha value is -0.580. The summed E-state index contributed by atoms with van der Waals surface area (Å²) in [6.07, 6.45) is 0.995. The molecule has 2 rings (SSSR count). The number of halogens is 2. The molecular formula is C9H14Cl2N4. The average molecular weight is 249 g/mol. The highest BCUT2D eigenvalue weighted by Crippen LogP contribution is 2.17. The highest BCUT2D eigenvalue weighted by atomic mass is 35.5. The highest BCUT2D eigenvalue weighted by Gasteiger charge is 2.21. The summed E-state index contributed by atoms with van der Waals surface area (Å²) < 4.78 is 0. The molecule has 2 N–H and O–H groups in total. The maximum absolute atomic E-state index is 5.86. The van der Waals surface area contributed by atoms with E-state index in [0.717, 1.165) is 25.2 Å². The van der Waals surface area contributed by atoms with Gasteiger partial charge < -0.3 is 10.6 Å². The van der Waals surface area contributed by atoms with E-state index in [1.165, 1.54) is 0 Å². The third-order valence-corrected chi connectivity index (χ3v) is 2.51. The smallest absolute Gasteiger partial charge is 0.227 e. The molecule has 1 atom stereocenters. The molecule has 4 nitrogen and oxygen atoms in total. The number of hydrogen-bond acceptors (Lipinski definition) is 4. The van der Waals surface area contributed by atoms with E-state index >= 15 is 0 Å². The summed E-state index contributed by atoms with van der Waals surface area (Å²) in [5.41, 5.74) is 6.70. The van der Waals surface area contributed by atoms with Crippen LogP contribution < -0.4 is 10.6 Å². The number of aryl methyl sites for hydroxylation is 1. The van der Waals surface area contributed by atoms with Gasteiger partial charge in [0.25, 0.3) is 0 Å². The van der Waals surface area contributed by atoms with Crippen LogP contribution in [0.5, 0.6) is 0 Å². The van der Waals surface area contributed by atoms with E-state index in [2.05, 4.69) is 14.9 Å².